The third kappa shape index (κ3) is 25.0. The van der Waals surface area contributed by atoms with E-state index < -0.39 is 0 Å². The minimum Gasteiger partial charge on any atom is -1.00 e. The number of quaternary nitrogens is 1. The summed E-state index contributed by atoms with van der Waals surface area (Å²) < 4.78 is 1.32. The van der Waals surface area contributed by atoms with Gasteiger partial charge in [-0.25, -0.2) is 0 Å². The van der Waals surface area contributed by atoms with E-state index in [1.54, 1.807) is 0 Å². The first-order chi connectivity index (χ1) is 19.0. The van der Waals surface area contributed by atoms with Gasteiger partial charge in [0, 0.05) is 0 Å². The van der Waals surface area contributed by atoms with Crippen molar-refractivity contribution >= 4 is 0 Å². The standard InChI is InChI=1S/C38H80N.BrH/c1-7-11-15-19-23-27-31-35-37(33-29-25-21-17-13-9-3)39(5,6)38(34-30-26-22-18-14-10-4)36-32-28-24-20-16-12-8-2;/h37-38H,7-36H2,1-6H3;1H/q+1;/p-1. The molecule has 0 aromatic rings. The molecular formula is C38H80BrN. The second kappa shape index (κ2) is 32.4. The summed E-state index contributed by atoms with van der Waals surface area (Å²) in [5, 5.41) is 0. The number of unbranched alkanes of at least 4 members (excludes halogenated alkanes) is 22. The van der Waals surface area contributed by atoms with Crippen molar-refractivity contribution < 1.29 is 21.5 Å². The minimum absolute atomic E-state index is 0. The van der Waals surface area contributed by atoms with E-state index in [1.807, 2.05) is 0 Å². The molecule has 2 atom stereocenters. The Morgan fingerprint density at radius 1 is 0.300 bits per heavy atom. The van der Waals surface area contributed by atoms with Gasteiger partial charge in [-0.3, -0.25) is 0 Å². The third-order valence-electron chi connectivity index (χ3n) is 9.95. The molecule has 1 nitrogen and oxygen atoms in total. The van der Waals surface area contributed by atoms with E-state index in [2.05, 4.69) is 41.8 Å². The Balaban J connectivity index is 0. The maximum Gasteiger partial charge on any atom is 0.0888 e. The van der Waals surface area contributed by atoms with Gasteiger partial charge in [-0.15, -0.1) is 0 Å². The molecule has 0 heterocycles. The van der Waals surface area contributed by atoms with E-state index in [0.29, 0.717) is 0 Å². The van der Waals surface area contributed by atoms with Gasteiger partial charge in [-0.2, -0.15) is 0 Å². The maximum absolute atomic E-state index is 2.66. The van der Waals surface area contributed by atoms with Gasteiger partial charge in [0.2, 0.25) is 0 Å². The first kappa shape index (κ1) is 42.6. The summed E-state index contributed by atoms with van der Waals surface area (Å²) in [6.45, 7) is 9.35. The first-order valence-corrected chi connectivity index (χ1v) is 18.9. The topological polar surface area (TPSA) is 0 Å². The lowest BCUT2D eigenvalue weighted by Gasteiger charge is -2.45. The number of halogens is 1. The van der Waals surface area contributed by atoms with Crippen molar-refractivity contribution in [1.29, 1.82) is 0 Å². The van der Waals surface area contributed by atoms with Gasteiger partial charge >= 0.3 is 0 Å². The Morgan fingerprint density at radius 3 is 0.675 bits per heavy atom. The zero-order chi connectivity index (χ0) is 28.9. The number of nitrogens with zero attached hydrogens (tertiary/aromatic N) is 1. The van der Waals surface area contributed by atoms with Crippen molar-refractivity contribution in [3.05, 3.63) is 0 Å². The van der Waals surface area contributed by atoms with Gasteiger partial charge in [0.25, 0.3) is 0 Å². The average Bonchev–Trinajstić information content (AvgIpc) is 2.93. The Morgan fingerprint density at radius 2 is 0.475 bits per heavy atom. The average molecular weight is 631 g/mol. The highest BCUT2D eigenvalue weighted by atomic mass is 79.9. The van der Waals surface area contributed by atoms with Crippen LogP contribution >= 0.6 is 0 Å². The lowest BCUT2D eigenvalue weighted by Crippen LogP contribution is -3.00. The lowest BCUT2D eigenvalue weighted by atomic mass is 9.91. The monoisotopic (exact) mass is 630 g/mol. The molecule has 0 N–H and O–H groups in total. The molecule has 0 saturated heterocycles. The molecule has 0 saturated carbocycles. The molecule has 2 heteroatoms. The van der Waals surface area contributed by atoms with Crippen molar-refractivity contribution in [2.45, 2.75) is 232 Å². The van der Waals surface area contributed by atoms with Gasteiger partial charge in [0.15, 0.2) is 0 Å². The summed E-state index contributed by atoms with van der Waals surface area (Å²) >= 11 is 0. The minimum atomic E-state index is 0. The fourth-order valence-corrected chi connectivity index (χ4v) is 6.91. The molecule has 0 spiro atoms. The summed E-state index contributed by atoms with van der Waals surface area (Å²) in [7, 11) is 5.32. The SMILES string of the molecule is CCCCCCCCCC(CCCCCCCC)[N+](C)(C)C(CCCCCCCC)CCCCCCCCC.[Br-]. The highest BCUT2D eigenvalue weighted by molar-refractivity contribution is 4.68. The van der Waals surface area contributed by atoms with Crippen LogP contribution < -0.4 is 17.0 Å². The molecule has 0 aromatic carbocycles. The first-order valence-electron chi connectivity index (χ1n) is 18.9. The molecular weight excluding hydrogens is 550 g/mol. The summed E-state index contributed by atoms with van der Waals surface area (Å²) in [5.41, 5.74) is 0. The van der Waals surface area contributed by atoms with E-state index in [9.17, 15) is 0 Å². The normalized spacial score (nSPS) is 13.3. The third-order valence-corrected chi connectivity index (χ3v) is 9.95. The molecule has 0 aliphatic rings. The molecule has 0 rings (SSSR count). The number of rotatable bonds is 32. The summed E-state index contributed by atoms with van der Waals surface area (Å²) in [6, 6.07) is 1.75. The molecule has 0 amide bonds. The van der Waals surface area contributed by atoms with Crippen LogP contribution in [0, 0.1) is 0 Å². The van der Waals surface area contributed by atoms with E-state index in [-0.39, 0.29) is 17.0 Å². The molecule has 0 aliphatic heterocycles. The fraction of sp³-hybridized carbons (Fsp3) is 1.00. The predicted octanol–water partition coefficient (Wildman–Crippen LogP) is 10.6. The van der Waals surface area contributed by atoms with Crippen LogP contribution in [0.25, 0.3) is 0 Å². The van der Waals surface area contributed by atoms with Crippen LogP contribution in [0.15, 0.2) is 0 Å². The highest BCUT2D eigenvalue weighted by Gasteiger charge is 2.35. The van der Waals surface area contributed by atoms with Crippen LogP contribution in [0.3, 0.4) is 0 Å². The second-order valence-electron chi connectivity index (χ2n) is 13.9. The molecule has 0 aliphatic carbocycles. The molecule has 0 fully saturated rings. The predicted molar refractivity (Wildman–Crippen MR) is 181 cm³/mol. The van der Waals surface area contributed by atoms with E-state index >= 15 is 0 Å². The van der Waals surface area contributed by atoms with Gasteiger partial charge in [0.1, 0.15) is 0 Å². The lowest BCUT2D eigenvalue weighted by molar-refractivity contribution is -0.940. The zero-order valence-electron chi connectivity index (χ0n) is 29.2. The van der Waals surface area contributed by atoms with Crippen LogP contribution in [0.4, 0.5) is 0 Å². The quantitative estimate of drug-likeness (QED) is 0.0512. The van der Waals surface area contributed by atoms with Crippen LogP contribution in [0.2, 0.25) is 0 Å². The molecule has 244 valence electrons. The van der Waals surface area contributed by atoms with Crippen LogP contribution in [0.5, 0.6) is 0 Å². The Labute approximate surface area is 267 Å². The Bertz CT molecular complexity index is 422. The smallest absolute Gasteiger partial charge is 0.0888 e. The second-order valence-corrected chi connectivity index (χ2v) is 13.9. The molecule has 0 aromatic heterocycles. The number of hydrogen-bond donors (Lipinski definition) is 0. The largest absolute Gasteiger partial charge is 1.00 e. The zero-order valence-corrected chi connectivity index (χ0v) is 30.8. The van der Waals surface area contributed by atoms with Gasteiger partial charge in [-0.1, -0.05) is 169 Å². The van der Waals surface area contributed by atoms with Gasteiger partial charge in [-0.05, 0) is 51.4 Å². The highest BCUT2D eigenvalue weighted by Crippen LogP contribution is 2.30. The summed E-state index contributed by atoms with van der Waals surface area (Å²) in [4.78, 5) is 0. The Kier molecular flexibility index (Phi) is 34.4. The van der Waals surface area contributed by atoms with E-state index in [4.69, 9.17) is 0 Å². The molecule has 0 radical (unpaired) electrons. The molecule has 0 bridgehead atoms. The van der Waals surface area contributed by atoms with E-state index in [1.165, 1.54) is 197 Å². The maximum atomic E-state index is 2.66. The van der Waals surface area contributed by atoms with E-state index in [0.717, 1.165) is 12.1 Å². The Hall–Kier alpha value is 0.440. The summed E-state index contributed by atoms with van der Waals surface area (Å²) in [5.74, 6) is 0. The van der Waals surface area contributed by atoms with Crippen LogP contribution in [-0.4, -0.2) is 30.7 Å². The van der Waals surface area contributed by atoms with Crippen LogP contribution in [0.1, 0.15) is 220 Å². The van der Waals surface area contributed by atoms with Crippen LogP contribution in [-0.2, 0) is 0 Å². The fourth-order valence-electron chi connectivity index (χ4n) is 6.91. The molecule has 2 unspecified atom stereocenters. The number of hydrogen-bond acceptors (Lipinski definition) is 0. The van der Waals surface area contributed by atoms with Crippen molar-refractivity contribution in [3.63, 3.8) is 0 Å². The summed E-state index contributed by atoms with van der Waals surface area (Å²) in [6.07, 6.45) is 43.4. The molecule has 40 heavy (non-hydrogen) atoms. The van der Waals surface area contributed by atoms with Crippen molar-refractivity contribution in [1.82, 2.24) is 0 Å². The van der Waals surface area contributed by atoms with Crippen molar-refractivity contribution in [2.24, 2.45) is 0 Å². The van der Waals surface area contributed by atoms with Gasteiger partial charge in [0.05, 0.1) is 26.2 Å². The van der Waals surface area contributed by atoms with Gasteiger partial charge < -0.3 is 21.5 Å². The van der Waals surface area contributed by atoms with Crippen molar-refractivity contribution in [2.75, 3.05) is 14.1 Å². The van der Waals surface area contributed by atoms with Crippen molar-refractivity contribution in [3.8, 4) is 0 Å².